The van der Waals surface area contributed by atoms with Gasteiger partial charge in [0.15, 0.2) is 0 Å². The van der Waals surface area contributed by atoms with Crippen LogP contribution in [0.15, 0.2) is 9.98 Å². The fraction of sp³-hybridized carbons (Fsp3) is 0.833. The third kappa shape index (κ3) is 3.22. The van der Waals surface area contributed by atoms with Crippen molar-refractivity contribution in [3.63, 3.8) is 0 Å². The minimum atomic E-state index is 0.492. The van der Waals surface area contributed by atoms with Gasteiger partial charge in [0.1, 0.15) is 0 Å². The summed E-state index contributed by atoms with van der Waals surface area (Å²) in [5, 5.41) is 0. The fourth-order valence-corrected chi connectivity index (χ4v) is 2.21. The molecule has 0 amide bonds. The van der Waals surface area contributed by atoms with Crippen LogP contribution < -0.4 is 0 Å². The summed E-state index contributed by atoms with van der Waals surface area (Å²) >= 11 is 0. The van der Waals surface area contributed by atoms with Gasteiger partial charge >= 0.3 is 0 Å². The van der Waals surface area contributed by atoms with Crippen molar-refractivity contribution in [1.82, 2.24) is 9.80 Å². The molecule has 0 aliphatic carbocycles. The minimum Gasteiger partial charge on any atom is -0.361 e. The molecule has 16 heavy (non-hydrogen) atoms. The topological polar surface area (TPSA) is 31.2 Å². The van der Waals surface area contributed by atoms with Gasteiger partial charge in [-0.1, -0.05) is 0 Å². The molecule has 0 aromatic heterocycles. The molecule has 0 bridgehead atoms. The predicted octanol–water partition coefficient (Wildman–Crippen LogP) is 1.23. The molecule has 0 saturated carbocycles. The molecule has 0 radical (unpaired) electrons. The first-order valence-electron chi connectivity index (χ1n) is 6.29. The van der Waals surface area contributed by atoms with Gasteiger partial charge in [0, 0.05) is 26.2 Å². The van der Waals surface area contributed by atoms with Crippen LogP contribution in [0.3, 0.4) is 0 Å². The first kappa shape index (κ1) is 11.4. The van der Waals surface area contributed by atoms with Crippen molar-refractivity contribution < 1.29 is 0 Å². The smallest absolute Gasteiger partial charge is 0.0854 e. The highest BCUT2D eigenvalue weighted by Crippen LogP contribution is 2.06. The lowest BCUT2D eigenvalue weighted by Crippen LogP contribution is -2.26. The summed E-state index contributed by atoms with van der Waals surface area (Å²) < 4.78 is 0. The van der Waals surface area contributed by atoms with Gasteiger partial charge in [0.25, 0.3) is 0 Å². The van der Waals surface area contributed by atoms with E-state index in [0.29, 0.717) is 12.1 Å². The van der Waals surface area contributed by atoms with Gasteiger partial charge in [-0.05, 0) is 26.7 Å². The van der Waals surface area contributed by atoms with E-state index in [1.807, 2.05) is 12.7 Å². The monoisotopic (exact) mass is 222 g/mol. The van der Waals surface area contributed by atoms with Crippen LogP contribution in [-0.2, 0) is 0 Å². The van der Waals surface area contributed by atoms with Gasteiger partial charge < -0.3 is 9.80 Å². The van der Waals surface area contributed by atoms with E-state index in [4.69, 9.17) is 0 Å². The standard InChI is InChI=1S/C12H22N4/c1-11-7-15(9-13-11)5-3-4-6-16-8-12(2)14-10-16/h9-12H,3-8H2,1-2H3. The van der Waals surface area contributed by atoms with Gasteiger partial charge in [0.05, 0.1) is 24.8 Å². The highest BCUT2D eigenvalue weighted by molar-refractivity contribution is 5.58. The maximum absolute atomic E-state index is 4.35. The van der Waals surface area contributed by atoms with E-state index in [2.05, 4.69) is 33.6 Å². The molecular weight excluding hydrogens is 200 g/mol. The number of nitrogens with zero attached hydrogens (tertiary/aromatic N) is 4. The largest absolute Gasteiger partial charge is 0.361 e. The Balaban J connectivity index is 1.53. The normalized spacial score (nSPS) is 28.4. The summed E-state index contributed by atoms with van der Waals surface area (Å²) in [6, 6.07) is 0.984. The van der Waals surface area contributed by atoms with Crippen molar-refractivity contribution >= 4 is 12.7 Å². The maximum Gasteiger partial charge on any atom is 0.0854 e. The van der Waals surface area contributed by atoms with Crippen LogP contribution in [0.4, 0.5) is 0 Å². The summed E-state index contributed by atoms with van der Waals surface area (Å²) in [5.74, 6) is 0. The van der Waals surface area contributed by atoms with Crippen molar-refractivity contribution in [3.05, 3.63) is 0 Å². The molecule has 0 saturated heterocycles. The second-order valence-corrected chi connectivity index (χ2v) is 4.92. The first-order valence-corrected chi connectivity index (χ1v) is 6.29. The second kappa shape index (κ2) is 5.32. The summed E-state index contributed by atoms with van der Waals surface area (Å²) in [6.45, 7) is 8.82. The van der Waals surface area contributed by atoms with E-state index < -0.39 is 0 Å². The number of rotatable bonds is 5. The Morgan fingerprint density at radius 2 is 1.38 bits per heavy atom. The zero-order valence-corrected chi connectivity index (χ0v) is 10.3. The number of aliphatic imine (C=N–C) groups is 2. The van der Waals surface area contributed by atoms with Crippen LogP contribution in [0.5, 0.6) is 0 Å². The summed E-state index contributed by atoms with van der Waals surface area (Å²) in [7, 11) is 0. The van der Waals surface area contributed by atoms with Crippen molar-refractivity contribution in [1.29, 1.82) is 0 Å². The van der Waals surface area contributed by atoms with E-state index in [1.165, 1.54) is 12.8 Å². The summed E-state index contributed by atoms with van der Waals surface area (Å²) in [6.07, 6.45) is 6.50. The molecule has 0 spiro atoms. The molecule has 0 aromatic carbocycles. The van der Waals surface area contributed by atoms with Crippen molar-refractivity contribution in [2.75, 3.05) is 26.2 Å². The molecule has 0 aromatic rings. The van der Waals surface area contributed by atoms with Crippen molar-refractivity contribution in [2.45, 2.75) is 38.8 Å². The van der Waals surface area contributed by atoms with Crippen molar-refractivity contribution in [2.24, 2.45) is 9.98 Å². The maximum atomic E-state index is 4.35. The van der Waals surface area contributed by atoms with E-state index in [9.17, 15) is 0 Å². The van der Waals surface area contributed by atoms with Crippen LogP contribution in [0, 0.1) is 0 Å². The zero-order chi connectivity index (χ0) is 11.4. The quantitative estimate of drug-likeness (QED) is 0.655. The van der Waals surface area contributed by atoms with Crippen LogP contribution in [-0.4, -0.2) is 60.7 Å². The fourth-order valence-electron chi connectivity index (χ4n) is 2.21. The van der Waals surface area contributed by atoms with Crippen LogP contribution in [0.1, 0.15) is 26.7 Å². The SMILES string of the molecule is CC1CN(CCCCN2C=NC(C)C2)C=N1. The van der Waals surface area contributed by atoms with Crippen LogP contribution >= 0.6 is 0 Å². The Labute approximate surface area is 98.1 Å². The Bertz CT molecular complexity index is 246. The molecule has 4 heteroatoms. The lowest BCUT2D eigenvalue weighted by molar-refractivity contribution is 0.385. The number of unbranched alkanes of at least 4 members (excludes halogenated alkanes) is 1. The lowest BCUT2D eigenvalue weighted by atomic mass is 10.2. The first-order chi connectivity index (χ1) is 7.74. The van der Waals surface area contributed by atoms with E-state index in [0.717, 1.165) is 26.2 Å². The minimum absolute atomic E-state index is 0.492. The molecule has 2 unspecified atom stereocenters. The Kier molecular flexibility index (Phi) is 3.80. The van der Waals surface area contributed by atoms with E-state index in [-0.39, 0.29) is 0 Å². The average Bonchev–Trinajstić information content (AvgIpc) is 2.83. The van der Waals surface area contributed by atoms with E-state index >= 15 is 0 Å². The van der Waals surface area contributed by atoms with Gasteiger partial charge in [0.2, 0.25) is 0 Å². The van der Waals surface area contributed by atoms with Crippen LogP contribution in [0.2, 0.25) is 0 Å². The zero-order valence-electron chi connectivity index (χ0n) is 10.3. The molecule has 90 valence electrons. The number of hydrogen-bond donors (Lipinski definition) is 0. The van der Waals surface area contributed by atoms with Gasteiger partial charge in [-0.2, -0.15) is 0 Å². The third-order valence-electron chi connectivity index (χ3n) is 3.11. The van der Waals surface area contributed by atoms with Gasteiger partial charge in [-0.25, -0.2) is 0 Å². The Morgan fingerprint density at radius 1 is 0.938 bits per heavy atom. The molecule has 0 fully saturated rings. The Morgan fingerprint density at radius 3 is 1.69 bits per heavy atom. The summed E-state index contributed by atoms with van der Waals surface area (Å²) in [4.78, 5) is 13.4. The average molecular weight is 222 g/mol. The molecular formula is C12H22N4. The molecule has 0 N–H and O–H groups in total. The number of hydrogen-bond acceptors (Lipinski definition) is 4. The van der Waals surface area contributed by atoms with Gasteiger partial charge in [-0.15, -0.1) is 0 Å². The van der Waals surface area contributed by atoms with Gasteiger partial charge in [-0.3, -0.25) is 9.98 Å². The highest BCUT2D eigenvalue weighted by Gasteiger charge is 2.13. The summed E-state index contributed by atoms with van der Waals surface area (Å²) in [5.41, 5.74) is 0. The van der Waals surface area contributed by atoms with E-state index in [1.54, 1.807) is 0 Å². The van der Waals surface area contributed by atoms with Crippen LogP contribution in [0.25, 0.3) is 0 Å². The molecule has 4 nitrogen and oxygen atoms in total. The Hall–Kier alpha value is -1.06. The molecule has 2 aliphatic rings. The molecule has 2 aliphatic heterocycles. The predicted molar refractivity (Wildman–Crippen MR) is 68.3 cm³/mol. The highest BCUT2D eigenvalue weighted by atomic mass is 15.2. The molecule has 2 rings (SSSR count). The molecule has 2 atom stereocenters. The second-order valence-electron chi connectivity index (χ2n) is 4.92. The lowest BCUT2D eigenvalue weighted by Gasteiger charge is -2.17. The third-order valence-corrected chi connectivity index (χ3v) is 3.11. The van der Waals surface area contributed by atoms with Crippen molar-refractivity contribution in [3.8, 4) is 0 Å². The molecule has 2 heterocycles.